The Morgan fingerprint density at radius 3 is 2.53 bits per heavy atom. The predicted molar refractivity (Wildman–Crippen MR) is 113 cm³/mol. The molecule has 0 aliphatic heterocycles. The highest BCUT2D eigenvalue weighted by Gasteiger charge is 2.16. The van der Waals surface area contributed by atoms with Gasteiger partial charge in [0.1, 0.15) is 23.9 Å². The molecule has 3 aromatic rings. The van der Waals surface area contributed by atoms with Gasteiger partial charge in [0.2, 0.25) is 5.91 Å². The Bertz CT molecular complexity index is 1030. The lowest BCUT2D eigenvalue weighted by Gasteiger charge is -2.16. The Morgan fingerprint density at radius 2 is 1.90 bits per heavy atom. The first kappa shape index (κ1) is 22.1. The van der Waals surface area contributed by atoms with E-state index in [0.717, 1.165) is 22.6 Å². The first-order valence-electron chi connectivity index (χ1n) is 9.32. The molecule has 0 bridgehead atoms. The Morgan fingerprint density at radius 1 is 1.20 bits per heavy atom. The minimum absolute atomic E-state index is 0.0565. The molecule has 5 nitrogen and oxygen atoms in total. The van der Waals surface area contributed by atoms with Crippen molar-refractivity contribution < 1.29 is 18.4 Å². The van der Waals surface area contributed by atoms with Crippen LogP contribution in [0.5, 0.6) is 5.75 Å². The van der Waals surface area contributed by atoms with E-state index in [-0.39, 0.29) is 17.4 Å². The number of halogens is 3. The number of rotatable bonds is 7. The molecule has 0 saturated carbocycles. The third kappa shape index (κ3) is 5.32. The van der Waals surface area contributed by atoms with Crippen LogP contribution in [0.1, 0.15) is 41.1 Å². The van der Waals surface area contributed by atoms with Gasteiger partial charge < -0.3 is 14.6 Å². The molecule has 8 heteroatoms. The highest BCUT2D eigenvalue weighted by molar-refractivity contribution is 6.35. The van der Waals surface area contributed by atoms with Crippen molar-refractivity contribution in [3.63, 3.8) is 0 Å². The third-order valence-electron chi connectivity index (χ3n) is 4.74. The Labute approximate surface area is 184 Å². The summed E-state index contributed by atoms with van der Waals surface area (Å²) in [6, 6.07) is 9.35. The molecule has 30 heavy (non-hydrogen) atoms. The van der Waals surface area contributed by atoms with Crippen LogP contribution < -0.4 is 10.1 Å². The summed E-state index contributed by atoms with van der Waals surface area (Å²) in [7, 11) is 0. The standard InChI is InChI=1S/C22H21Cl2FN2O3/c1-12(17-9-21(25)20(24)10-19(17)23)26-22(28)8-15-4-6-16(7-5-15)29-11-18-13(2)27-30-14(18)3/h4-7,9-10,12H,8,11H2,1-3H3,(H,26,28)/t12-/m1/s1. The number of aryl methyl sites for hydroxylation is 2. The van der Waals surface area contributed by atoms with Gasteiger partial charge in [0.15, 0.2) is 0 Å². The van der Waals surface area contributed by atoms with Crippen molar-refractivity contribution in [1.29, 1.82) is 0 Å². The molecule has 1 amide bonds. The molecular formula is C22H21Cl2FN2O3. The summed E-state index contributed by atoms with van der Waals surface area (Å²) >= 11 is 11.8. The molecule has 1 heterocycles. The van der Waals surface area contributed by atoms with Crippen molar-refractivity contribution in [2.75, 3.05) is 0 Å². The average molecular weight is 451 g/mol. The lowest BCUT2D eigenvalue weighted by molar-refractivity contribution is -0.121. The molecule has 0 saturated heterocycles. The maximum Gasteiger partial charge on any atom is 0.224 e. The second-order valence-electron chi connectivity index (χ2n) is 6.99. The molecule has 0 radical (unpaired) electrons. The fourth-order valence-electron chi connectivity index (χ4n) is 2.99. The number of hydrogen-bond donors (Lipinski definition) is 1. The molecule has 1 N–H and O–H groups in total. The smallest absolute Gasteiger partial charge is 0.224 e. The zero-order valence-corrected chi connectivity index (χ0v) is 18.3. The van der Waals surface area contributed by atoms with Crippen molar-refractivity contribution in [3.05, 3.63) is 80.4 Å². The molecule has 1 atom stereocenters. The summed E-state index contributed by atoms with van der Waals surface area (Å²) in [5.74, 6) is 0.620. The van der Waals surface area contributed by atoms with Crippen molar-refractivity contribution in [2.24, 2.45) is 0 Å². The second-order valence-corrected chi connectivity index (χ2v) is 7.80. The summed E-state index contributed by atoms with van der Waals surface area (Å²) in [6.45, 7) is 5.80. The van der Waals surface area contributed by atoms with Gasteiger partial charge in [0.25, 0.3) is 0 Å². The summed E-state index contributed by atoms with van der Waals surface area (Å²) in [5.41, 5.74) is 3.01. The molecular weight excluding hydrogens is 430 g/mol. The van der Waals surface area contributed by atoms with Gasteiger partial charge in [-0.15, -0.1) is 0 Å². The minimum atomic E-state index is -0.579. The van der Waals surface area contributed by atoms with Crippen LogP contribution in [0.3, 0.4) is 0 Å². The van der Waals surface area contributed by atoms with Gasteiger partial charge in [-0.2, -0.15) is 0 Å². The van der Waals surface area contributed by atoms with Crippen LogP contribution in [0.4, 0.5) is 4.39 Å². The molecule has 1 aromatic heterocycles. The van der Waals surface area contributed by atoms with E-state index >= 15 is 0 Å². The van der Waals surface area contributed by atoms with E-state index in [9.17, 15) is 9.18 Å². The minimum Gasteiger partial charge on any atom is -0.489 e. The molecule has 2 aromatic carbocycles. The lowest BCUT2D eigenvalue weighted by atomic mass is 10.1. The summed E-state index contributed by atoms with van der Waals surface area (Å²) in [6.07, 6.45) is 0.169. The number of amides is 1. The van der Waals surface area contributed by atoms with Gasteiger partial charge in [0.05, 0.1) is 28.7 Å². The molecule has 0 spiro atoms. The maximum absolute atomic E-state index is 13.7. The van der Waals surface area contributed by atoms with Gasteiger partial charge in [-0.3, -0.25) is 4.79 Å². The van der Waals surface area contributed by atoms with E-state index in [1.165, 1.54) is 12.1 Å². The number of aromatic nitrogens is 1. The van der Waals surface area contributed by atoms with Crippen LogP contribution in [0.2, 0.25) is 10.0 Å². The van der Waals surface area contributed by atoms with E-state index in [1.54, 1.807) is 19.1 Å². The fraction of sp³-hybridized carbons (Fsp3) is 0.273. The lowest BCUT2D eigenvalue weighted by Crippen LogP contribution is -2.28. The third-order valence-corrected chi connectivity index (χ3v) is 5.35. The molecule has 0 unspecified atom stereocenters. The summed E-state index contributed by atoms with van der Waals surface area (Å²) < 4.78 is 24.6. The van der Waals surface area contributed by atoms with Crippen LogP contribution in [0, 0.1) is 19.7 Å². The topological polar surface area (TPSA) is 64.4 Å². The van der Waals surface area contributed by atoms with Crippen LogP contribution in [0.25, 0.3) is 0 Å². The summed E-state index contributed by atoms with van der Waals surface area (Å²) in [4.78, 5) is 12.4. The van der Waals surface area contributed by atoms with Crippen molar-refractivity contribution in [2.45, 2.75) is 39.8 Å². The van der Waals surface area contributed by atoms with Gasteiger partial charge in [-0.25, -0.2) is 4.39 Å². The van der Waals surface area contributed by atoms with E-state index in [0.29, 0.717) is 22.9 Å². The van der Waals surface area contributed by atoms with Gasteiger partial charge in [-0.1, -0.05) is 40.5 Å². The number of carbonyl (C=O) groups excluding carboxylic acids is 1. The van der Waals surface area contributed by atoms with Crippen LogP contribution in [-0.4, -0.2) is 11.1 Å². The number of carbonyl (C=O) groups is 1. The number of hydrogen-bond acceptors (Lipinski definition) is 4. The Hall–Kier alpha value is -2.57. The van der Waals surface area contributed by atoms with Crippen molar-refractivity contribution in [1.82, 2.24) is 10.5 Å². The van der Waals surface area contributed by atoms with E-state index in [4.69, 9.17) is 32.5 Å². The second kappa shape index (κ2) is 9.49. The largest absolute Gasteiger partial charge is 0.489 e. The number of nitrogens with zero attached hydrogens (tertiary/aromatic N) is 1. The Balaban J connectivity index is 1.56. The van der Waals surface area contributed by atoms with Crippen molar-refractivity contribution >= 4 is 29.1 Å². The predicted octanol–water partition coefficient (Wildman–Crippen LogP) is 5.74. The monoisotopic (exact) mass is 450 g/mol. The zero-order valence-electron chi connectivity index (χ0n) is 16.8. The van der Waals surface area contributed by atoms with Gasteiger partial charge in [0, 0.05) is 5.02 Å². The van der Waals surface area contributed by atoms with E-state index in [2.05, 4.69) is 10.5 Å². The van der Waals surface area contributed by atoms with E-state index < -0.39 is 11.9 Å². The Kier molecular flexibility index (Phi) is 7.00. The highest BCUT2D eigenvalue weighted by atomic mass is 35.5. The number of ether oxygens (including phenoxy) is 1. The van der Waals surface area contributed by atoms with Crippen LogP contribution >= 0.6 is 23.2 Å². The van der Waals surface area contributed by atoms with Gasteiger partial charge >= 0.3 is 0 Å². The molecule has 0 aliphatic rings. The quantitative estimate of drug-likeness (QED) is 0.466. The zero-order chi connectivity index (χ0) is 21.8. The van der Waals surface area contributed by atoms with E-state index in [1.807, 2.05) is 26.0 Å². The SMILES string of the molecule is Cc1noc(C)c1COc1ccc(CC(=O)N[C@H](C)c2cc(F)c(Cl)cc2Cl)cc1. The molecule has 0 fully saturated rings. The molecule has 158 valence electrons. The number of nitrogens with one attached hydrogen (secondary N) is 1. The van der Waals surface area contributed by atoms with Gasteiger partial charge in [-0.05, 0) is 56.2 Å². The fourth-order valence-corrected chi connectivity index (χ4v) is 3.54. The summed E-state index contributed by atoms with van der Waals surface area (Å²) in [5, 5.41) is 6.96. The molecule has 3 rings (SSSR count). The average Bonchev–Trinajstić information content (AvgIpc) is 3.01. The van der Waals surface area contributed by atoms with Crippen LogP contribution in [-0.2, 0) is 17.8 Å². The van der Waals surface area contributed by atoms with Crippen molar-refractivity contribution in [3.8, 4) is 5.75 Å². The first-order chi connectivity index (χ1) is 14.2. The highest BCUT2D eigenvalue weighted by Crippen LogP contribution is 2.28. The number of benzene rings is 2. The normalized spacial score (nSPS) is 11.9. The van der Waals surface area contributed by atoms with Crippen LogP contribution in [0.15, 0.2) is 40.9 Å². The molecule has 0 aliphatic carbocycles. The maximum atomic E-state index is 13.7. The first-order valence-corrected chi connectivity index (χ1v) is 10.1.